The van der Waals surface area contributed by atoms with Crippen LogP contribution in [-0.2, 0) is 9.59 Å². The van der Waals surface area contributed by atoms with Crippen LogP contribution in [0.2, 0.25) is 0 Å². The standard InChI is InChI=1S/C12H17N5O3S/c18-10(16-4-3-8(6-16)5-11(19)20)7-21-12-13-14-15-17(12)9-1-2-9/h8-9H,1-7H2,(H,19,20). The van der Waals surface area contributed by atoms with Gasteiger partial charge in [0.25, 0.3) is 0 Å². The molecule has 1 saturated carbocycles. The molecule has 1 amide bonds. The third-order valence-corrected chi connectivity index (χ3v) is 4.70. The molecule has 2 fully saturated rings. The molecule has 1 aliphatic carbocycles. The van der Waals surface area contributed by atoms with Crippen molar-refractivity contribution in [2.75, 3.05) is 18.8 Å². The Kier molecular flexibility index (Phi) is 4.09. The van der Waals surface area contributed by atoms with E-state index in [1.807, 2.05) is 0 Å². The van der Waals surface area contributed by atoms with Crippen LogP contribution < -0.4 is 0 Å². The number of carbonyl (C=O) groups excluding carboxylic acids is 1. The van der Waals surface area contributed by atoms with Crippen LogP contribution in [0.15, 0.2) is 5.16 Å². The van der Waals surface area contributed by atoms with Crippen LogP contribution in [0.5, 0.6) is 0 Å². The number of aromatic nitrogens is 4. The molecule has 1 aliphatic heterocycles. The number of thioether (sulfide) groups is 1. The lowest BCUT2D eigenvalue weighted by molar-refractivity contribution is -0.138. The van der Waals surface area contributed by atoms with Gasteiger partial charge in [0.15, 0.2) is 0 Å². The van der Waals surface area contributed by atoms with E-state index in [1.165, 1.54) is 11.8 Å². The van der Waals surface area contributed by atoms with Crippen molar-refractivity contribution >= 4 is 23.6 Å². The van der Waals surface area contributed by atoms with E-state index < -0.39 is 5.97 Å². The number of carboxylic acids is 1. The first-order chi connectivity index (χ1) is 10.1. The molecular weight excluding hydrogens is 294 g/mol. The number of nitrogens with zero attached hydrogens (tertiary/aromatic N) is 5. The second kappa shape index (κ2) is 6.00. The monoisotopic (exact) mass is 311 g/mol. The summed E-state index contributed by atoms with van der Waals surface area (Å²) in [6.45, 7) is 1.18. The number of rotatable bonds is 6. The summed E-state index contributed by atoms with van der Waals surface area (Å²) in [5.41, 5.74) is 0. The minimum absolute atomic E-state index is 0.0261. The second-order valence-electron chi connectivity index (χ2n) is 5.52. The molecule has 0 spiro atoms. The van der Waals surface area contributed by atoms with Crippen molar-refractivity contribution < 1.29 is 14.7 Å². The van der Waals surface area contributed by atoms with E-state index in [4.69, 9.17) is 5.11 Å². The van der Waals surface area contributed by atoms with Gasteiger partial charge >= 0.3 is 5.97 Å². The molecule has 3 rings (SSSR count). The highest BCUT2D eigenvalue weighted by atomic mass is 32.2. The normalized spacial score (nSPS) is 21.7. The fourth-order valence-corrected chi connectivity index (χ4v) is 3.37. The summed E-state index contributed by atoms with van der Waals surface area (Å²) in [4.78, 5) is 24.6. The maximum absolute atomic E-state index is 12.1. The van der Waals surface area contributed by atoms with Gasteiger partial charge in [-0.15, -0.1) is 5.10 Å². The van der Waals surface area contributed by atoms with Gasteiger partial charge in [0.05, 0.1) is 11.8 Å². The summed E-state index contributed by atoms with van der Waals surface area (Å²) < 4.78 is 1.79. The zero-order chi connectivity index (χ0) is 14.8. The Balaban J connectivity index is 1.48. The minimum Gasteiger partial charge on any atom is -0.481 e. The van der Waals surface area contributed by atoms with Gasteiger partial charge in [-0.05, 0) is 35.6 Å². The Hall–Kier alpha value is -1.64. The molecule has 114 valence electrons. The Morgan fingerprint density at radius 2 is 2.14 bits per heavy atom. The highest BCUT2D eigenvalue weighted by Crippen LogP contribution is 2.36. The lowest BCUT2D eigenvalue weighted by atomic mass is 10.1. The highest BCUT2D eigenvalue weighted by molar-refractivity contribution is 7.99. The van der Waals surface area contributed by atoms with Crippen LogP contribution in [-0.4, -0.2) is 60.9 Å². The average Bonchev–Trinajstić information content (AvgIpc) is 2.99. The largest absolute Gasteiger partial charge is 0.481 e. The third kappa shape index (κ3) is 3.52. The molecule has 0 radical (unpaired) electrons. The predicted octanol–water partition coefficient (Wildman–Crippen LogP) is 0.423. The van der Waals surface area contributed by atoms with Gasteiger partial charge in [0, 0.05) is 19.5 Å². The fourth-order valence-electron chi connectivity index (χ4n) is 2.52. The van der Waals surface area contributed by atoms with Gasteiger partial charge in [-0.2, -0.15) is 0 Å². The van der Waals surface area contributed by atoms with Crippen molar-refractivity contribution in [2.45, 2.75) is 36.9 Å². The fraction of sp³-hybridized carbons (Fsp3) is 0.750. The van der Waals surface area contributed by atoms with Crippen LogP contribution in [0, 0.1) is 5.92 Å². The number of tetrazole rings is 1. The summed E-state index contributed by atoms with van der Waals surface area (Å²) >= 11 is 1.35. The number of hydrogen-bond acceptors (Lipinski definition) is 6. The van der Waals surface area contributed by atoms with E-state index in [0.29, 0.717) is 30.0 Å². The maximum atomic E-state index is 12.1. The lowest BCUT2D eigenvalue weighted by Gasteiger charge is -2.15. The van der Waals surface area contributed by atoms with Crippen molar-refractivity contribution in [3.05, 3.63) is 0 Å². The zero-order valence-corrected chi connectivity index (χ0v) is 12.3. The van der Waals surface area contributed by atoms with E-state index in [1.54, 1.807) is 9.58 Å². The zero-order valence-electron chi connectivity index (χ0n) is 11.5. The molecule has 0 bridgehead atoms. The van der Waals surface area contributed by atoms with Crippen LogP contribution in [0.3, 0.4) is 0 Å². The Bertz CT molecular complexity index is 545. The van der Waals surface area contributed by atoms with Gasteiger partial charge in [-0.3, -0.25) is 9.59 Å². The Morgan fingerprint density at radius 1 is 1.33 bits per heavy atom. The van der Waals surface area contributed by atoms with Gasteiger partial charge in [-0.1, -0.05) is 11.8 Å². The Labute approximate surface area is 125 Å². The SMILES string of the molecule is O=C(O)CC1CCN(C(=O)CSc2nnnn2C2CC2)C1. The third-order valence-electron chi connectivity index (χ3n) is 3.78. The van der Waals surface area contributed by atoms with Crippen molar-refractivity contribution in [1.29, 1.82) is 0 Å². The molecule has 9 heteroatoms. The van der Waals surface area contributed by atoms with Gasteiger partial charge in [-0.25, -0.2) is 4.68 Å². The van der Waals surface area contributed by atoms with Crippen molar-refractivity contribution in [2.24, 2.45) is 5.92 Å². The van der Waals surface area contributed by atoms with Crippen LogP contribution in [0.1, 0.15) is 31.7 Å². The summed E-state index contributed by atoms with van der Waals surface area (Å²) in [5, 5.41) is 21.0. The van der Waals surface area contributed by atoms with Crippen molar-refractivity contribution in [3.8, 4) is 0 Å². The number of carbonyl (C=O) groups is 2. The molecule has 0 aromatic carbocycles. The summed E-state index contributed by atoms with van der Waals surface area (Å²) in [6.07, 6.45) is 3.09. The number of carboxylic acid groups (broad SMARTS) is 1. The van der Waals surface area contributed by atoms with Gasteiger partial charge < -0.3 is 10.0 Å². The van der Waals surface area contributed by atoms with Crippen molar-refractivity contribution in [1.82, 2.24) is 25.1 Å². The highest BCUT2D eigenvalue weighted by Gasteiger charge is 2.30. The summed E-state index contributed by atoms with van der Waals surface area (Å²) in [5.74, 6) is -0.397. The second-order valence-corrected chi connectivity index (χ2v) is 6.46. The molecule has 1 aromatic rings. The van der Waals surface area contributed by atoms with Gasteiger partial charge in [0.2, 0.25) is 11.1 Å². The van der Waals surface area contributed by atoms with Gasteiger partial charge in [0.1, 0.15) is 0 Å². The number of amides is 1. The number of hydrogen-bond donors (Lipinski definition) is 1. The summed E-state index contributed by atoms with van der Waals surface area (Å²) in [6, 6.07) is 0.393. The van der Waals surface area contributed by atoms with Crippen LogP contribution in [0.25, 0.3) is 0 Å². The number of likely N-dealkylation sites (tertiary alicyclic amines) is 1. The molecule has 1 saturated heterocycles. The first-order valence-electron chi connectivity index (χ1n) is 7.03. The van der Waals surface area contributed by atoms with Crippen LogP contribution in [0.4, 0.5) is 0 Å². The molecule has 1 aromatic heterocycles. The molecular formula is C12H17N5O3S. The molecule has 2 aliphatic rings. The summed E-state index contributed by atoms with van der Waals surface area (Å²) in [7, 11) is 0. The van der Waals surface area contributed by atoms with Crippen molar-refractivity contribution in [3.63, 3.8) is 0 Å². The Morgan fingerprint density at radius 3 is 2.86 bits per heavy atom. The first-order valence-corrected chi connectivity index (χ1v) is 8.02. The molecule has 1 atom stereocenters. The first kappa shape index (κ1) is 14.3. The van der Waals surface area contributed by atoms with Crippen LogP contribution >= 0.6 is 11.8 Å². The quantitative estimate of drug-likeness (QED) is 0.760. The molecule has 1 N–H and O–H groups in total. The number of aliphatic carboxylic acids is 1. The lowest BCUT2D eigenvalue weighted by Crippen LogP contribution is -2.30. The minimum atomic E-state index is -0.799. The maximum Gasteiger partial charge on any atom is 0.303 e. The topological polar surface area (TPSA) is 101 Å². The smallest absolute Gasteiger partial charge is 0.303 e. The molecule has 2 heterocycles. The van der Waals surface area contributed by atoms with E-state index in [2.05, 4.69) is 15.5 Å². The predicted molar refractivity (Wildman–Crippen MR) is 73.8 cm³/mol. The van der Waals surface area contributed by atoms with E-state index in [-0.39, 0.29) is 18.2 Å². The molecule has 8 nitrogen and oxygen atoms in total. The average molecular weight is 311 g/mol. The van der Waals surface area contributed by atoms with E-state index in [0.717, 1.165) is 19.3 Å². The van der Waals surface area contributed by atoms with E-state index >= 15 is 0 Å². The van der Waals surface area contributed by atoms with E-state index in [9.17, 15) is 9.59 Å². The molecule has 21 heavy (non-hydrogen) atoms. The molecule has 1 unspecified atom stereocenters.